The summed E-state index contributed by atoms with van der Waals surface area (Å²) >= 11 is 0. The number of piperidine rings is 1. The van der Waals surface area contributed by atoms with E-state index in [1.165, 1.54) is 56.4 Å². The maximum atomic E-state index is 13.0. The van der Waals surface area contributed by atoms with Gasteiger partial charge >= 0.3 is 5.97 Å². The van der Waals surface area contributed by atoms with Crippen LogP contribution in [0.25, 0.3) is 0 Å². The minimum atomic E-state index is -0.456. The largest absolute Gasteiger partial charge is 0.487 e. The van der Waals surface area contributed by atoms with Gasteiger partial charge < -0.3 is 20.0 Å². The van der Waals surface area contributed by atoms with Gasteiger partial charge in [0.1, 0.15) is 17.1 Å². The molecule has 3 rings (SSSR count). The molecule has 7 heteroatoms. The quantitative estimate of drug-likeness (QED) is 0.125. The molecule has 1 amide bonds. The summed E-state index contributed by atoms with van der Waals surface area (Å²) in [5, 5.41) is 15.1. The van der Waals surface area contributed by atoms with Crippen LogP contribution < -0.4 is 14.8 Å². The lowest BCUT2D eigenvalue weighted by Crippen LogP contribution is -2.62. The topological polar surface area (TPSA) is 88.1 Å². The molecule has 2 aliphatic rings. The molecule has 0 spiro atoms. The van der Waals surface area contributed by atoms with E-state index in [1.807, 2.05) is 41.5 Å². The lowest BCUT2D eigenvalue weighted by atomic mass is 9.79. The number of amides is 1. The Morgan fingerprint density at radius 2 is 1.39 bits per heavy atom. The van der Waals surface area contributed by atoms with E-state index < -0.39 is 17.0 Å². The van der Waals surface area contributed by atoms with Gasteiger partial charge in [-0.05, 0) is 128 Å². The fraction of sp³-hybridized carbons (Fsp3) is 0.810. The third-order valence-electron chi connectivity index (χ3n) is 11.6. The number of hydrogen-bond donors (Lipinski definition) is 2. The molecule has 0 unspecified atom stereocenters. The fourth-order valence-corrected chi connectivity index (χ4v) is 8.47. The SMILES string of the molecule is Cc1c(C)c2c(c(C)c1OC(=O)CCC(=O)NC1CC(C)(C)N(O)C(C)(C)C1)CC[C@@](C)(CCC[C@H](C)CCC[C@H](C)CCCC(C)C)O2. The van der Waals surface area contributed by atoms with Crippen LogP contribution in [0.2, 0.25) is 0 Å². The summed E-state index contributed by atoms with van der Waals surface area (Å²) in [4.78, 5) is 25.8. The Morgan fingerprint density at radius 3 is 1.96 bits per heavy atom. The van der Waals surface area contributed by atoms with Crippen molar-refractivity contribution in [3.63, 3.8) is 0 Å². The van der Waals surface area contributed by atoms with Crippen molar-refractivity contribution in [1.82, 2.24) is 10.4 Å². The number of benzene rings is 1. The van der Waals surface area contributed by atoms with Gasteiger partial charge in [0.2, 0.25) is 5.91 Å². The van der Waals surface area contributed by atoms with Gasteiger partial charge in [0, 0.05) is 29.1 Å². The van der Waals surface area contributed by atoms with Crippen molar-refractivity contribution in [2.75, 3.05) is 0 Å². The van der Waals surface area contributed by atoms with Crippen molar-refractivity contribution >= 4 is 11.9 Å². The predicted octanol–water partition coefficient (Wildman–Crippen LogP) is 10.3. The van der Waals surface area contributed by atoms with Crippen molar-refractivity contribution < 1.29 is 24.3 Å². The summed E-state index contributed by atoms with van der Waals surface area (Å²) in [5.74, 6) is 3.40. The van der Waals surface area contributed by atoms with Crippen LogP contribution in [-0.2, 0) is 16.0 Å². The maximum absolute atomic E-state index is 13.0. The Hall–Kier alpha value is -2.12. The molecule has 1 aromatic carbocycles. The number of carbonyl (C=O) groups is 2. The third-order valence-corrected chi connectivity index (χ3v) is 11.6. The van der Waals surface area contributed by atoms with Gasteiger partial charge in [-0.25, -0.2) is 0 Å². The van der Waals surface area contributed by atoms with Crippen LogP contribution in [0.3, 0.4) is 0 Å². The van der Waals surface area contributed by atoms with Crippen LogP contribution in [0.5, 0.6) is 11.5 Å². The molecule has 1 fully saturated rings. The average Bonchev–Trinajstić information content (AvgIpc) is 2.99. The Bertz CT molecular complexity index is 1250. The van der Waals surface area contributed by atoms with E-state index >= 15 is 0 Å². The molecule has 1 aromatic rings. The second-order valence-electron chi connectivity index (χ2n) is 18.0. The normalized spacial score (nSPS) is 21.9. The summed E-state index contributed by atoms with van der Waals surface area (Å²) in [7, 11) is 0. The second kappa shape index (κ2) is 17.4. The first-order valence-electron chi connectivity index (χ1n) is 19.6. The van der Waals surface area contributed by atoms with E-state index in [0.29, 0.717) is 18.6 Å². The smallest absolute Gasteiger partial charge is 0.311 e. The zero-order valence-corrected chi connectivity index (χ0v) is 33.4. The van der Waals surface area contributed by atoms with Crippen molar-refractivity contribution in [2.24, 2.45) is 17.8 Å². The zero-order valence-electron chi connectivity index (χ0n) is 33.4. The van der Waals surface area contributed by atoms with E-state index in [9.17, 15) is 14.8 Å². The lowest BCUT2D eigenvalue weighted by molar-refractivity contribution is -0.246. The van der Waals surface area contributed by atoms with E-state index in [1.54, 1.807) is 0 Å². The number of hydroxylamine groups is 2. The number of ether oxygens (including phenoxy) is 2. The highest BCUT2D eigenvalue weighted by Crippen LogP contribution is 2.45. The van der Waals surface area contributed by atoms with Crippen LogP contribution in [0.15, 0.2) is 0 Å². The summed E-state index contributed by atoms with van der Waals surface area (Å²) in [6.07, 6.45) is 14.8. The van der Waals surface area contributed by atoms with Crippen molar-refractivity contribution in [1.29, 1.82) is 0 Å². The molecule has 7 nitrogen and oxygen atoms in total. The molecular weight excluding hydrogens is 612 g/mol. The first kappa shape index (κ1) is 41.3. The number of fused-ring (bicyclic) bond motifs is 1. The van der Waals surface area contributed by atoms with E-state index in [2.05, 4.69) is 46.9 Å². The van der Waals surface area contributed by atoms with E-state index in [4.69, 9.17) is 9.47 Å². The number of rotatable bonds is 17. The molecule has 1 saturated heterocycles. The molecule has 0 aromatic heterocycles. The Morgan fingerprint density at radius 1 is 0.837 bits per heavy atom. The first-order valence-corrected chi connectivity index (χ1v) is 19.6. The molecule has 3 atom stereocenters. The molecule has 49 heavy (non-hydrogen) atoms. The van der Waals surface area contributed by atoms with Crippen LogP contribution in [0, 0.1) is 38.5 Å². The number of nitrogens with zero attached hydrogens (tertiary/aromatic N) is 1. The summed E-state index contributed by atoms with van der Waals surface area (Å²) in [5.41, 5.74) is 2.95. The monoisotopic (exact) mass is 685 g/mol. The first-order chi connectivity index (χ1) is 22.7. The van der Waals surface area contributed by atoms with Crippen LogP contribution in [0.4, 0.5) is 0 Å². The molecule has 2 N–H and O–H groups in total. The van der Waals surface area contributed by atoms with Gasteiger partial charge in [-0.1, -0.05) is 72.6 Å². The van der Waals surface area contributed by atoms with Crippen LogP contribution >= 0.6 is 0 Å². The van der Waals surface area contributed by atoms with E-state index in [-0.39, 0.29) is 30.4 Å². The highest BCUT2D eigenvalue weighted by Gasteiger charge is 2.45. The third kappa shape index (κ3) is 11.7. The minimum absolute atomic E-state index is 0.0107. The van der Waals surface area contributed by atoms with Gasteiger partial charge in [-0.2, -0.15) is 5.06 Å². The molecule has 0 aliphatic carbocycles. The molecule has 2 heterocycles. The van der Waals surface area contributed by atoms with Gasteiger partial charge in [0.15, 0.2) is 0 Å². The summed E-state index contributed by atoms with van der Waals surface area (Å²) in [6, 6.07) is -0.0677. The maximum Gasteiger partial charge on any atom is 0.311 e. The molecular formula is C42H72N2O5. The lowest BCUT2D eigenvalue weighted by Gasteiger charge is -2.51. The Kier molecular flexibility index (Phi) is 14.7. The van der Waals surface area contributed by atoms with Gasteiger partial charge in [0.25, 0.3) is 0 Å². The molecule has 2 aliphatic heterocycles. The van der Waals surface area contributed by atoms with Crippen molar-refractivity contribution in [3.05, 3.63) is 22.3 Å². The number of nitrogens with one attached hydrogen (secondary N) is 1. The fourth-order valence-electron chi connectivity index (χ4n) is 8.47. The van der Waals surface area contributed by atoms with Gasteiger partial charge in [0.05, 0.1) is 6.42 Å². The summed E-state index contributed by atoms with van der Waals surface area (Å²) < 4.78 is 12.7. The highest BCUT2D eigenvalue weighted by atomic mass is 16.5. The number of hydrogen-bond acceptors (Lipinski definition) is 6. The Labute approximate surface area is 299 Å². The summed E-state index contributed by atoms with van der Waals surface area (Å²) in [6.45, 7) is 25.7. The standard InChI is InChI=1S/C42H72N2O5/c1-28(2)16-13-17-29(3)18-14-19-30(4)20-15-24-42(12)25-23-35-33(7)38(31(5)32(6)39(35)49-42)48-37(46)22-21-36(45)43-34-26-40(8,9)44(47)41(10,11)27-34/h28-30,34,47H,13-27H2,1-12H3,(H,43,45)/t29-,30-,42-/m1/s1. The average molecular weight is 685 g/mol. The van der Waals surface area contributed by atoms with Crippen molar-refractivity contribution in [2.45, 2.75) is 202 Å². The predicted molar refractivity (Wildman–Crippen MR) is 201 cm³/mol. The van der Waals surface area contributed by atoms with Gasteiger partial charge in [-0.15, -0.1) is 0 Å². The number of carbonyl (C=O) groups excluding carboxylic acids is 2. The van der Waals surface area contributed by atoms with Crippen LogP contribution in [0.1, 0.15) is 174 Å². The molecule has 0 bridgehead atoms. The Balaban J connectivity index is 1.48. The van der Waals surface area contributed by atoms with Gasteiger partial charge in [-0.3, -0.25) is 9.59 Å². The highest BCUT2D eigenvalue weighted by molar-refractivity contribution is 5.82. The van der Waals surface area contributed by atoms with Crippen LogP contribution in [-0.4, -0.2) is 44.9 Å². The number of esters is 1. The molecule has 280 valence electrons. The van der Waals surface area contributed by atoms with E-state index in [0.717, 1.165) is 65.0 Å². The zero-order chi connectivity index (χ0) is 36.7. The molecule has 0 radical (unpaired) electrons. The minimum Gasteiger partial charge on any atom is -0.487 e. The van der Waals surface area contributed by atoms with Crippen molar-refractivity contribution in [3.8, 4) is 11.5 Å². The second-order valence-corrected chi connectivity index (χ2v) is 18.0. The molecule has 0 saturated carbocycles.